The molecular weight excluding hydrogens is 146 g/mol. The van der Waals surface area contributed by atoms with Crippen molar-refractivity contribution < 1.29 is 9.73 Å². The van der Waals surface area contributed by atoms with Crippen LogP contribution in [0.2, 0.25) is 0 Å². The summed E-state index contributed by atoms with van der Waals surface area (Å²) in [4.78, 5) is 0. The third kappa shape index (κ3) is 1.17. The van der Waals surface area contributed by atoms with E-state index in [9.17, 15) is 0 Å². The van der Waals surface area contributed by atoms with Crippen molar-refractivity contribution in [2.45, 2.75) is 13.8 Å². The Morgan fingerprint density at radius 1 is 1.73 bits per heavy atom. The van der Waals surface area contributed by atoms with Crippen LogP contribution in [0.4, 0.5) is 5.69 Å². The van der Waals surface area contributed by atoms with Crippen LogP contribution in [0.15, 0.2) is 9.68 Å². The lowest BCUT2D eigenvalue weighted by molar-refractivity contribution is 0.318. The average molecular weight is 155 g/mol. The Labute approximate surface area is 63.5 Å². The predicted molar refractivity (Wildman–Crippen MR) is 39.6 cm³/mol. The minimum atomic E-state index is 0.347. The first-order valence-electron chi connectivity index (χ1n) is 3.07. The van der Waals surface area contributed by atoms with Gasteiger partial charge in [0.05, 0.1) is 0 Å². The van der Waals surface area contributed by atoms with Gasteiger partial charge in [-0.05, 0) is 13.8 Å². The molecule has 0 fully saturated rings. The van der Waals surface area contributed by atoms with Gasteiger partial charge in [-0.2, -0.15) is 0 Å². The molecule has 1 heterocycles. The van der Waals surface area contributed by atoms with Gasteiger partial charge in [-0.25, -0.2) is 0 Å². The second-order valence-electron chi connectivity index (χ2n) is 2.19. The minimum Gasteiger partial charge on any atom is -0.411 e. The van der Waals surface area contributed by atoms with E-state index in [0.717, 1.165) is 0 Å². The minimum absolute atomic E-state index is 0.347. The quantitative estimate of drug-likeness (QED) is 0.356. The topological polar surface area (TPSA) is 84.6 Å². The molecule has 0 aliphatic carbocycles. The number of hydrogen-bond acceptors (Lipinski definition) is 5. The highest BCUT2D eigenvalue weighted by molar-refractivity contribution is 6.00. The van der Waals surface area contributed by atoms with Crippen LogP contribution in [0.3, 0.4) is 0 Å². The van der Waals surface area contributed by atoms with Gasteiger partial charge in [-0.3, -0.25) is 0 Å². The SMILES string of the molecule is C/C(=N\O)c1noc(C)c1N. The van der Waals surface area contributed by atoms with Crippen LogP contribution >= 0.6 is 0 Å². The molecule has 0 unspecified atom stereocenters. The van der Waals surface area contributed by atoms with Crippen LogP contribution in [-0.2, 0) is 0 Å². The van der Waals surface area contributed by atoms with E-state index >= 15 is 0 Å². The Balaban J connectivity index is 3.15. The zero-order chi connectivity index (χ0) is 8.43. The molecule has 1 aromatic heterocycles. The Bertz CT molecular complexity index is 290. The van der Waals surface area contributed by atoms with E-state index in [1.165, 1.54) is 0 Å². The average Bonchev–Trinajstić information content (AvgIpc) is 2.32. The van der Waals surface area contributed by atoms with E-state index in [1.807, 2.05) is 0 Å². The smallest absolute Gasteiger partial charge is 0.157 e. The molecule has 0 aliphatic rings. The Hall–Kier alpha value is -1.52. The van der Waals surface area contributed by atoms with E-state index in [-0.39, 0.29) is 0 Å². The highest BCUT2D eigenvalue weighted by Gasteiger charge is 2.11. The molecule has 0 spiro atoms. The summed E-state index contributed by atoms with van der Waals surface area (Å²) in [6.45, 7) is 3.28. The summed E-state index contributed by atoms with van der Waals surface area (Å²) in [5.74, 6) is 0.531. The molecule has 0 aliphatic heterocycles. The van der Waals surface area contributed by atoms with Crippen LogP contribution in [0.1, 0.15) is 18.4 Å². The van der Waals surface area contributed by atoms with Crippen molar-refractivity contribution in [3.8, 4) is 0 Å². The second kappa shape index (κ2) is 2.61. The molecule has 1 rings (SSSR count). The fourth-order valence-corrected chi connectivity index (χ4v) is 0.688. The summed E-state index contributed by atoms with van der Waals surface area (Å²) in [7, 11) is 0. The molecule has 5 heteroatoms. The lowest BCUT2D eigenvalue weighted by Gasteiger charge is -1.90. The predicted octanol–water partition coefficient (Wildman–Crippen LogP) is 0.763. The molecular formula is C6H9N3O2. The summed E-state index contributed by atoms with van der Waals surface area (Å²) >= 11 is 0. The molecule has 0 bridgehead atoms. The molecule has 3 N–H and O–H groups in total. The van der Waals surface area contributed by atoms with Gasteiger partial charge in [-0.1, -0.05) is 10.3 Å². The first kappa shape index (κ1) is 7.59. The van der Waals surface area contributed by atoms with Gasteiger partial charge >= 0.3 is 0 Å². The van der Waals surface area contributed by atoms with Crippen LogP contribution in [0.5, 0.6) is 0 Å². The molecule has 1 aromatic rings. The summed E-state index contributed by atoms with van der Waals surface area (Å²) < 4.78 is 4.75. The maximum atomic E-state index is 8.37. The Kier molecular flexibility index (Phi) is 1.80. The lowest BCUT2D eigenvalue weighted by Crippen LogP contribution is -1.99. The summed E-state index contributed by atoms with van der Waals surface area (Å²) in [5, 5.41) is 14.9. The van der Waals surface area contributed by atoms with Gasteiger partial charge in [0.25, 0.3) is 0 Å². The van der Waals surface area contributed by atoms with Gasteiger partial charge in [0.15, 0.2) is 11.5 Å². The van der Waals surface area contributed by atoms with Crippen molar-refractivity contribution in [2.75, 3.05) is 5.73 Å². The molecule has 5 nitrogen and oxygen atoms in total. The van der Waals surface area contributed by atoms with E-state index in [2.05, 4.69) is 10.3 Å². The molecule has 60 valence electrons. The fraction of sp³-hybridized carbons (Fsp3) is 0.333. The van der Waals surface area contributed by atoms with Crippen molar-refractivity contribution >= 4 is 11.4 Å². The van der Waals surface area contributed by atoms with E-state index in [1.54, 1.807) is 13.8 Å². The molecule has 0 amide bonds. The molecule has 0 saturated heterocycles. The van der Waals surface area contributed by atoms with Crippen molar-refractivity contribution in [1.29, 1.82) is 0 Å². The lowest BCUT2D eigenvalue weighted by atomic mass is 10.2. The zero-order valence-electron chi connectivity index (χ0n) is 6.33. The third-order valence-electron chi connectivity index (χ3n) is 1.40. The van der Waals surface area contributed by atoms with Gasteiger partial charge < -0.3 is 15.5 Å². The van der Waals surface area contributed by atoms with E-state index in [0.29, 0.717) is 22.9 Å². The van der Waals surface area contributed by atoms with Crippen molar-refractivity contribution in [3.63, 3.8) is 0 Å². The number of oxime groups is 1. The monoisotopic (exact) mass is 155 g/mol. The van der Waals surface area contributed by atoms with E-state index in [4.69, 9.17) is 15.5 Å². The van der Waals surface area contributed by atoms with Crippen LogP contribution in [-0.4, -0.2) is 16.1 Å². The molecule has 0 aromatic carbocycles. The number of hydrogen-bond donors (Lipinski definition) is 2. The summed E-state index contributed by atoms with van der Waals surface area (Å²) in [5.41, 5.74) is 6.69. The van der Waals surface area contributed by atoms with Gasteiger partial charge in [0.1, 0.15) is 11.4 Å². The standard InChI is InChI=1S/C6H9N3O2/c1-3(8-10)6-5(7)4(2)11-9-6/h10H,7H2,1-2H3/b8-3+. The number of nitrogen functional groups attached to an aromatic ring is 1. The number of aromatic nitrogens is 1. The molecule has 0 saturated carbocycles. The van der Waals surface area contributed by atoms with Crippen molar-refractivity contribution in [2.24, 2.45) is 5.16 Å². The largest absolute Gasteiger partial charge is 0.411 e. The maximum Gasteiger partial charge on any atom is 0.157 e. The van der Waals surface area contributed by atoms with Crippen LogP contribution < -0.4 is 5.73 Å². The first-order valence-corrected chi connectivity index (χ1v) is 3.07. The zero-order valence-corrected chi connectivity index (χ0v) is 6.33. The fourth-order valence-electron chi connectivity index (χ4n) is 0.688. The van der Waals surface area contributed by atoms with Crippen molar-refractivity contribution in [3.05, 3.63) is 11.5 Å². The summed E-state index contributed by atoms with van der Waals surface area (Å²) in [6.07, 6.45) is 0. The first-order chi connectivity index (χ1) is 5.16. The highest BCUT2D eigenvalue weighted by Crippen LogP contribution is 2.15. The highest BCUT2D eigenvalue weighted by atomic mass is 16.5. The van der Waals surface area contributed by atoms with Gasteiger partial charge in [0, 0.05) is 0 Å². The maximum absolute atomic E-state index is 8.37. The summed E-state index contributed by atoms with van der Waals surface area (Å²) in [6, 6.07) is 0. The number of aryl methyl sites for hydroxylation is 1. The Morgan fingerprint density at radius 3 is 2.73 bits per heavy atom. The number of nitrogens with two attached hydrogens (primary N) is 1. The molecule has 11 heavy (non-hydrogen) atoms. The third-order valence-corrected chi connectivity index (χ3v) is 1.40. The van der Waals surface area contributed by atoms with Gasteiger partial charge in [0.2, 0.25) is 0 Å². The normalized spacial score (nSPS) is 12.0. The van der Waals surface area contributed by atoms with Crippen LogP contribution in [0, 0.1) is 6.92 Å². The van der Waals surface area contributed by atoms with Crippen LogP contribution in [0.25, 0.3) is 0 Å². The number of nitrogens with zero attached hydrogens (tertiary/aromatic N) is 2. The molecule has 0 atom stereocenters. The van der Waals surface area contributed by atoms with Gasteiger partial charge in [-0.15, -0.1) is 0 Å². The van der Waals surface area contributed by atoms with Crippen molar-refractivity contribution in [1.82, 2.24) is 5.16 Å². The number of rotatable bonds is 1. The number of anilines is 1. The second-order valence-corrected chi connectivity index (χ2v) is 2.19. The van der Waals surface area contributed by atoms with E-state index < -0.39 is 0 Å². The molecule has 0 radical (unpaired) electrons. The Morgan fingerprint density at radius 2 is 2.36 bits per heavy atom.